The Bertz CT molecular complexity index is 1450. The van der Waals surface area contributed by atoms with Gasteiger partial charge in [0.1, 0.15) is 11.6 Å². The number of amides is 1. The first-order valence-corrected chi connectivity index (χ1v) is 13.1. The van der Waals surface area contributed by atoms with Crippen molar-refractivity contribution < 1.29 is 17.6 Å². The molecule has 0 aliphatic carbocycles. The van der Waals surface area contributed by atoms with Gasteiger partial charge < -0.3 is 10.6 Å². The zero-order valence-corrected chi connectivity index (χ0v) is 20.1. The first-order valence-electron chi connectivity index (χ1n) is 10.6. The van der Waals surface area contributed by atoms with Crippen LogP contribution in [0.3, 0.4) is 0 Å². The zero-order chi connectivity index (χ0) is 24.8. The van der Waals surface area contributed by atoms with Crippen molar-refractivity contribution in [3.8, 4) is 0 Å². The van der Waals surface area contributed by atoms with Crippen LogP contribution in [0.1, 0.15) is 5.56 Å². The van der Waals surface area contributed by atoms with Crippen LogP contribution >= 0.6 is 11.8 Å². The van der Waals surface area contributed by atoms with Crippen molar-refractivity contribution in [1.82, 2.24) is 15.3 Å². The minimum atomic E-state index is -3.73. The van der Waals surface area contributed by atoms with Crippen molar-refractivity contribution in [2.45, 2.75) is 16.5 Å². The van der Waals surface area contributed by atoms with Gasteiger partial charge in [0.15, 0.2) is 5.16 Å². The molecule has 0 atom stereocenters. The molecule has 1 amide bonds. The van der Waals surface area contributed by atoms with Crippen molar-refractivity contribution in [3.05, 3.63) is 84.2 Å². The summed E-state index contributed by atoms with van der Waals surface area (Å²) in [5.41, 5.74) is 2.28. The number of aromatic nitrogens is 2. The second kappa shape index (κ2) is 10.8. The van der Waals surface area contributed by atoms with Crippen molar-refractivity contribution in [2.24, 2.45) is 5.14 Å². The molecule has 180 valence electrons. The lowest BCUT2D eigenvalue weighted by Gasteiger charge is -2.11. The Balaban J connectivity index is 1.36. The molecule has 0 aliphatic rings. The molecule has 8 nitrogen and oxygen atoms in total. The number of hydrogen-bond acceptors (Lipinski definition) is 7. The number of halogens is 1. The molecule has 4 aromatic rings. The summed E-state index contributed by atoms with van der Waals surface area (Å²) in [7, 11) is -3.73. The second-order valence-corrected chi connectivity index (χ2v) is 10.1. The summed E-state index contributed by atoms with van der Waals surface area (Å²) in [5.74, 6) is 0.179. The van der Waals surface area contributed by atoms with Crippen LogP contribution in [0.25, 0.3) is 10.9 Å². The van der Waals surface area contributed by atoms with Gasteiger partial charge in [-0.1, -0.05) is 36.0 Å². The number of hydrogen-bond donors (Lipinski definition) is 3. The quantitative estimate of drug-likeness (QED) is 0.231. The fourth-order valence-electron chi connectivity index (χ4n) is 3.26. The van der Waals surface area contributed by atoms with Crippen LogP contribution in [0.15, 0.2) is 82.8 Å². The van der Waals surface area contributed by atoms with E-state index >= 15 is 0 Å². The van der Waals surface area contributed by atoms with E-state index in [1.165, 1.54) is 36.0 Å². The highest BCUT2D eigenvalue weighted by Crippen LogP contribution is 2.27. The molecule has 0 fully saturated rings. The van der Waals surface area contributed by atoms with E-state index in [9.17, 15) is 17.6 Å². The number of nitrogens with one attached hydrogen (secondary N) is 2. The average molecular weight is 512 g/mol. The maximum atomic E-state index is 13.2. The van der Waals surface area contributed by atoms with E-state index < -0.39 is 10.0 Å². The SMILES string of the molecule is NS(=O)(=O)c1ccc(CCNC(=O)CSc2nc(Nc3ccc(F)cc3)c3ccccc3n2)cc1. The van der Waals surface area contributed by atoms with Crippen LogP contribution in [0.5, 0.6) is 0 Å². The third kappa shape index (κ3) is 6.75. The highest BCUT2D eigenvalue weighted by Gasteiger charge is 2.11. The molecule has 1 aromatic heterocycles. The van der Waals surface area contributed by atoms with Crippen LogP contribution in [0, 0.1) is 5.82 Å². The van der Waals surface area contributed by atoms with E-state index in [0.29, 0.717) is 29.6 Å². The molecule has 4 N–H and O–H groups in total. The number of para-hydroxylation sites is 1. The Kier molecular flexibility index (Phi) is 7.59. The maximum absolute atomic E-state index is 13.2. The number of fused-ring (bicyclic) bond motifs is 1. The van der Waals surface area contributed by atoms with Crippen LogP contribution < -0.4 is 15.8 Å². The van der Waals surface area contributed by atoms with Crippen LogP contribution in [0.4, 0.5) is 15.9 Å². The van der Waals surface area contributed by atoms with Gasteiger partial charge in [-0.15, -0.1) is 0 Å². The van der Waals surface area contributed by atoms with Gasteiger partial charge in [-0.25, -0.2) is 27.9 Å². The first kappa shape index (κ1) is 24.6. The van der Waals surface area contributed by atoms with Gasteiger partial charge in [0.05, 0.1) is 16.2 Å². The maximum Gasteiger partial charge on any atom is 0.238 e. The summed E-state index contributed by atoms with van der Waals surface area (Å²) >= 11 is 1.21. The van der Waals surface area contributed by atoms with Gasteiger partial charge in [0.25, 0.3) is 0 Å². The molecule has 1 heterocycles. The van der Waals surface area contributed by atoms with Gasteiger partial charge in [0.2, 0.25) is 15.9 Å². The smallest absolute Gasteiger partial charge is 0.238 e. The standard InChI is InChI=1S/C24H22FN5O3S2/c25-17-7-9-18(10-8-17)28-23-20-3-1-2-4-21(20)29-24(30-23)34-15-22(31)27-14-13-16-5-11-19(12-6-16)35(26,32)33/h1-12H,13-15H2,(H,27,31)(H2,26,32,33)(H,28,29,30). The molecule has 11 heteroatoms. The van der Waals surface area contributed by atoms with E-state index in [1.807, 2.05) is 24.3 Å². The number of benzene rings is 3. The molecule has 35 heavy (non-hydrogen) atoms. The molecule has 4 rings (SSSR count). The van der Waals surface area contributed by atoms with Gasteiger partial charge in [-0.05, 0) is 60.5 Å². The molecule has 0 radical (unpaired) electrons. The highest BCUT2D eigenvalue weighted by molar-refractivity contribution is 7.99. The number of rotatable bonds is 9. The number of sulfonamides is 1. The normalized spacial score (nSPS) is 11.4. The van der Waals surface area contributed by atoms with E-state index in [-0.39, 0.29) is 22.4 Å². The molecular weight excluding hydrogens is 489 g/mol. The third-order valence-corrected chi connectivity index (χ3v) is 6.79. The van der Waals surface area contributed by atoms with Gasteiger partial charge in [0, 0.05) is 17.6 Å². The molecular formula is C24H22FN5O3S2. The highest BCUT2D eigenvalue weighted by atomic mass is 32.2. The molecule has 0 unspecified atom stereocenters. The average Bonchev–Trinajstić information content (AvgIpc) is 2.84. The number of anilines is 2. The molecule has 0 saturated heterocycles. The summed E-state index contributed by atoms with van der Waals surface area (Å²) in [6.07, 6.45) is 0.541. The minimum Gasteiger partial charge on any atom is -0.355 e. The van der Waals surface area contributed by atoms with Crippen molar-refractivity contribution >= 4 is 50.1 Å². The lowest BCUT2D eigenvalue weighted by atomic mass is 10.1. The van der Waals surface area contributed by atoms with Crippen molar-refractivity contribution in [1.29, 1.82) is 0 Å². The monoisotopic (exact) mass is 511 g/mol. The lowest BCUT2D eigenvalue weighted by molar-refractivity contribution is -0.118. The summed E-state index contributed by atoms with van der Waals surface area (Å²) in [5, 5.41) is 12.4. The number of carbonyl (C=O) groups is 1. The topological polar surface area (TPSA) is 127 Å². The van der Waals surface area contributed by atoms with E-state index in [0.717, 1.165) is 16.5 Å². The largest absolute Gasteiger partial charge is 0.355 e. The van der Waals surface area contributed by atoms with Crippen LogP contribution in [-0.4, -0.2) is 36.6 Å². The van der Waals surface area contributed by atoms with Crippen LogP contribution in [0.2, 0.25) is 0 Å². The minimum absolute atomic E-state index is 0.0466. The number of primary sulfonamides is 1. The fourth-order valence-corrected chi connectivity index (χ4v) is 4.45. The number of nitrogens with zero attached hydrogens (tertiary/aromatic N) is 2. The van der Waals surface area contributed by atoms with Gasteiger partial charge in [-0.2, -0.15) is 0 Å². The zero-order valence-electron chi connectivity index (χ0n) is 18.4. The Morgan fingerprint density at radius 3 is 2.40 bits per heavy atom. The number of thioether (sulfide) groups is 1. The molecule has 0 bridgehead atoms. The second-order valence-electron chi connectivity index (χ2n) is 7.58. The Hall–Kier alpha value is -3.54. The van der Waals surface area contributed by atoms with Crippen molar-refractivity contribution in [3.63, 3.8) is 0 Å². The predicted molar refractivity (Wildman–Crippen MR) is 134 cm³/mol. The first-order chi connectivity index (χ1) is 16.8. The summed E-state index contributed by atoms with van der Waals surface area (Å²) in [6, 6.07) is 19.7. The summed E-state index contributed by atoms with van der Waals surface area (Å²) in [4.78, 5) is 21.5. The number of nitrogens with two attached hydrogens (primary N) is 1. The van der Waals surface area contributed by atoms with E-state index in [1.54, 1.807) is 24.3 Å². The Morgan fingerprint density at radius 1 is 0.971 bits per heavy atom. The van der Waals surface area contributed by atoms with Gasteiger partial charge in [-0.3, -0.25) is 4.79 Å². The molecule has 0 saturated carbocycles. The number of carbonyl (C=O) groups excluding carboxylic acids is 1. The van der Waals surface area contributed by atoms with Crippen LogP contribution in [-0.2, 0) is 21.2 Å². The predicted octanol–water partition coefficient (Wildman–Crippen LogP) is 3.61. The fraction of sp³-hybridized carbons (Fsp3) is 0.125. The molecule has 0 aliphatic heterocycles. The lowest BCUT2D eigenvalue weighted by Crippen LogP contribution is -2.27. The third-order valence-electron chi connectivity index (χ3n) is 5.01. The summed E-state index contributed by atoms with van der Waals surface area (Å²) < 4.78 is 35.9. The van der Waals surface area contributed by atoms with E-state index in [4.69, 9.17) is 5.14 Å². The Labute approximate surface area is 206 Å². The Morgan fingerprint density at radius 2 is 1.69 bits per heavy atom. The van der Waals surface area contributed by atoms with Gasteiger partial charge >= 0.3 is 0 Å². The molecule has 0 spiro atoms. The molecule has 3 aromatic carbocycles. The summed E-state index contributed by atoms with van der Waals surface area (Å²) in [6.45, 7) is 0.393. The van der Waals surface area contributed by atoms with E-state index in [2.05, 4.69) is 20.6 Å². The van der Waals surface area contributed by atoms with Crippen molar-refractivity contribution in [2.75, 3.05) is 17.6 Å².